The third kappa shape index (κ3) is 3.35. The number of amides is 1. The van der Waals surface area contributed by atoms with E-state index in [2.05, 4.69) is 17.3 Å². The lowest BCUT2D eigenvalue weighted by Gasteiger charge is -2.25. The van der Waals surface area contributed by atoms with Crippen molar-refractivity contribution in [2.24, 2.45) is 5.92 Å². The SMILES string of the molecule is CN1CCC(CNC(=O)C(C)(C)c2ccccc2)C1. The normalized spacial score (nSPS) is 20.5. The van der Waals surface area contributed by atoms with Crippen LogP contribution in [0.2, 0.25) is 0 Å². The van der Waals surface area contributed by atoms with Crippen molar-refractivity contribution in [3.8, 4) is 0 Å². The molecule has 104 valence electrons. The van der Waals surface area contributed by atoms with Crippen LogP contribution in [0.3, 0.4) is 0 Å². The Kier molecular flexibility index (Phi) is 4.25. The maximum atomic E-state index is 12.4. The first kappa shape index (κ1) is 14.1. The number of carbonyl (C=O) groups is 1. The molecule has 2 rings (SSSR count). The lowest BCUT2D eigenvalue weighted by Crippen LogP contribution is -2.42. The Bertz CT molecular complexity index is 428. The molecule has 1 aliphatic heterocycles. The van der Waals surface area contributed by atoms with Crippen molar-refractivity contribution >= 4 is 5.91 Å². The van der Waals surface area contributed by atoms with E-state index < -0.39 is 5.41 Å². The lowest BCUT2D eigenvalue weighted by atomic mass is 9.83. The molecule has 0 radical (unpaired) electrons. The van der Waals surface area contributed by atoms with Crippen LogP contribution < -0.4 is 5.32 Å². The Morgan fingerprint density at radius 1 is 1.37 bits per heavy atom. The van der Waals surface area contributed by atoms with E-state index in [1.54, 1.807) is 0 Å². The third-order valence-corrected chi connectivity index (χ3v) is 4.10. The fourth-order valence-electron chi connectivity index (χ4n) is 2.64. The fraction of sp³-hybridized carbons (Fsp3) is 0.562. The van der Waals surface area contributed by atoms with E-state index in [9.17, 15) is 4.79 Å². The van der Waals surface area contributed by atoms with Crippen LogP contribution in [0.1, 0.15) is 25.8 Å². The summed E-state index contributed by atoms with van der Waals surface area (Å²) in [4.78, 5) is 14.7. The minimum Gasteiger partial charge on any atom is -0.355 e. The highest BCUT2D eigenvalue weighted by Gasteiger charge is 2.30. The fourth-order valence-corrected chi connectivity index (χ4v) is 2.64. The van der Waals surface area contributed by atoms with Gasteiger partial charge in [-0.1, -0.05) is 30.3 Å². The molecule has 3 heteroatoms. The molecule has 0 aliphatic carbocycles. The van der Waals surface area contributed by atoms with Crippen molar-refractivity contribution < 1.29 is 4.79 Å². The highest BCUT2D eigenvalue weighted by molar-refractivity contribution is 5.87. The van der Waals surface area contributed by atoms with Crippen LogP contribution in [-0.4, -0.2) is 37.5 Å². The van der Waals surface area contributed by atoms with E-state index in [1.165, 1.54) is 6.42 Å². The number of nitrogens with one attached hydrogen (secondary N) is 1. The van der Waals surface area contributed by atoms with E-state index in [-0.39, 0.29) is 5.91 Å². The monoisotopic (exact) mass is 260 g/mol. The smallest absolute Gasteiger partial charge is 0.230 e. The van der Waals surface area contributed by atoms with Gasteiger partial charge < -0.3 is 10.2 Å². The Morgan fingerprint density at radius 2 is 2.05 bits per heavy atom. The van der Waals surface area contributed by atoms with Gasteiger partial charge in [0.25, 0.3) is 0 Å². The van der Waals surface area contributed by atoms with Crippen molar-refractivity contribution in [1.82, 2.24) is 10.2 Å². The molecule has 1 heterocycles. The van der Waals surface area contributed by atoms with Gasteiger partial charge in [0.2, 0.25) is 5.91 Å². The van der Waals surface area contributed by atoms with Gasteiger partial charge in [-0.25, -0.2) is 0 Å². The topological polar surface area (TPSA) is 32.3 Å². The number of likely N-dealkylation sites (tertiary alicyclic amines) is 1. The Labute approximate surface area is 116 Å². The van der Waals surface area contributed by atoms with Gasteiger partial charge in [0.05, 0.1) is 5.41 Å². The molecule has 19 heavy (non-hydrogen) atoms. The van der Waals surface area contributed by atoms with Crippen LogP contribution in [0.5, 0.6) is 0 Å². The molecule has 0 aromatic heterocycles. The summed E-state index contributed by atoms with van der Waals surface area (Å²) in [5, 5.41) is 3.12. The van der Waals surface area contributed by atoms with Crippen LogP contribution in [0.25, 0.3) is 0 Å². The predicted molar refractivity (Wildman–Crippen MR) is 78.1 cm³/mol. The molecule has 1 fully saturated rings. The Balaban J connectivity index is 1.92. The average Bonchev–Trinajstić information content (AvgIpc) is 2.82. The molecule has 1 aromatic rings. The summed E-state index contributed by atoms with van der Waals surface area (Å²) in [7, 11) is 2.13. The van der Waals surface area contributed by atoms with Gasteiger partial charge in [0, 0.05) is 13.1 Å². The first-order valence-electron chi connectivity index (χ1n) is 7.02. The van der Waals surface area contributed by atoms with Crippen molar-refractivity contribution in [1.29, 1.82) is 0 Å². The van der Waals surface area contributed by atoms with E-state index in [0.29, 0.717) is 5.92 Å². The largest absolute Gasteiger partial charge is 0.355 e. The molecule has 1 unspecified atom stereocenters. The first-order chi connectivity index (χ1) is 9.00. The molecule has 0 saturated carbocycles. The van der Waals surface area contributed by atoms with E-state index in [0.717, 1.165) is 25.2 Å². The molecule has 1 N–H and O–H groups in total. The lowest BCUT2D eigenvalue weighted by molar-refractivity contribution is -0.125. The van der Waals surface area contributed by atoms with Gasteiger partial charge in [-0.15, -0.1) is 0 Å². The van der Waals surface area contributed by atoms with Crippen LogP contribution in [-0.2, 0) is 10.2 Å². The minimum absolute atomic E-state index is 0.119. The summed E-state index contributed by atoms with van der Waals surface area (Å²) >= 11 is 0. The van der Waals surface area contributed by atoms with E-state index >= 15 is 0 Å². The van der Waals surface area contributed by atoms with Gasteiger partial charge in [0.15, 0.2) is 0 Å². The van der Waals surface area contributed by atoms with E-state index in [4.69, 9.17) is 0 Å². The molecule has 0 bridgehead atoms. The first-order valence-corrected chi connectivity index (χ1v) is 7.02. The quantitative estimate of drug-likeness (QED) is 0.898. The van der Waals surface area contributed by atoms with E-state index in [1.807, 2.05) is 44.2 Å². The molecular weight excluding hydrogens is 236 g/mol. The summed E-state index contributed by atoms with van der Waals surface area (Å²) in [6.45, 7) is 6.99. The molecule has 1 aromatic carbocycles. The van der Waals surface area contributed by atoms with Crippen molar-refractivity contribution in [3.05, 3.63) is 35.9 Å². The molecule has 1 saturated heterocycles. The van der Waals surface area contributed by atoms with Gasteiger partial charge in [-0.3, -0.25) is 4.79 Å². The number of nitrogens with zero attached hydrogens (tertiary/aromatic N) is 1. The van der Waals surface area contributed by atoms with Gasteiger partial charge in [-0.05, 0) is 45.3 Å². The molecule has 1 amide bonds. The number of carbonyl (C=O) groups excluding carboxylic acids is 1. The third-order valence-electron chi connectivity index (χ3n) is 4.10. The zero-order chi connectivity index (χ0) is 13.9. The molecule has 0 spiro atoms. The average molecular weight is 260 g/mol. The van der Waals surface area contributed by atoms with Crippen LogP contribution in [0.4, 0.5) is 0 Å². The summed E-state index contributed by atoms with van der Waals surface area (Å²) in [5.74, 6) is 0.716. The standard InChI is InChI=1S/C16H24N2O/c1-16(2,14-7-5-4-6-8-14)15(19)17-11-13-9-10-18(3)12-13/h4-8,13H,9-12H2,1-3H3,(H,17,19). The number of hydrogen-bond donors (Lipinski definition) is 1. The summed E-state index contributed by atoms with van der Waals surface area (Å²) in [6.07, 6.45) is 1.18. The van der Waals surface area contributed by atoms with Crippen LogP contribution in [0.15, 0.2) is 30.3 Å². The zero-order valence-corrected chi connectivity index (χ0v) is 12.1. The maximum absolute atomic E-state index is 12.4. The second kappa shape index (κ2) is 5.74. The molecule has 1 aliphatic rings. The number of benzene rings is 1. The second-order valence-electron chi connectivity index (χ2n) is 6.12. The Hall–Kier alpha value is -1.35. The molecular formula is C16H24N2O. The minimum atomic E-state index is -0.467. The zero-order valence-electron chi connectivity index (χ0n) is 12.1. The van der Waals surface area contributed by atoms with Crippen LogP contribution >= 0.6 is 0 Å². The Morgan fingerprint density at radius 3 is 2.63 bits per heavy atom. The number of hydrogen-bond acceptors (Lipinski definition) is 2. The highest BCUT2D eigenvalue weighted by atomic mass is 16.2. The van der Waals surface area contributed by atoms with Gasteiger partial charge in [0.1, 0.15) is 0 Å². The molecule has 3 nitrogen and oxygen atoms in total. The predicted octanol–water partition coefficient (Wildman–Crippen LogP) is 2.03. The molecule has 1 atom stereocenters. The highest BCUT2D eigenvalue weighted by Crippen LogP contribution is 2.23. The van der Waals surface area contributed by atoms with Crippen molar-refractivity contribution in [2.75, 3.05) is 26.7 Å². The second-order valence-corrected chi connectivity index (χ2v) is 6.12. The van der Waals surface area contributed by atoms with Gasteiger partial charge >= 0.3 is 0 Å². The van der Waals surface area contributed by atoms with Crippen molar-refractivity contribution in [3.63, 3.8) is 0 Å². The maximum Gasteiger partial charge on any atom is 0.230 e. The van der Waals surface area contributed by atoms with Crippen molar-refractivity contribution in [2.45, 2.75) is 25.7 Å². The summed E-state index contributed by atoms with van der Waals surface area (Å²) in [5.41, 5.74) is 0.599. The van der Waals surface area contributed by atoms with Gasteiger partial charge in [-0.2, -0.15) is 0 Å². The summed E-state index contributed by atoms with van der Waals surface area (Å²) in [6, 6.07) is 9.98. The summed E-state index contributed by atoms with van der Waals surface area (Å²) < 4.78 is 0. The van der Waals surface area contributed by atoms with Crippen LogP contribution in [0, 0.1) is 5.92 Å². The number of rotatable bonds is 4.